The molecule has 0 radical (unpaired) electrons. The second-order valence-corrected chi connectivity index (χ2v) is 5.54. The van der Waals surface area contributed by atoms with Gasteiger partial charge in [-0.1, -0.05) is 25.4 Å². The normalized spacial score (nSPS) is 14.5. The second-order valence-electron chi connectivity index (χ2n) is 5.14. The van der Waals surface area contributed by atoms with Gasteiger partial charge in [0.15, 0.2) is 0 Å². The van der Waals surface area contributed by atoms with E-state index in [9.17, 15) is 4.39 Å². The van der Waals surface area contributed by atoms with E-state index in [0.29, 0.717) is 17.0 Å². The summed E-state index contributed by atoms with van der Waals surface area (Å²) < 4.78 is 13.2. The van der Waals surface area contributed by atoms with E-state index in [2.05, 4.69) is 26.1 Å². The largest absolute Gasteiger partial charge is 0.314 e. The van der Waals surface area contributed by atoms with Crippen LogP contribution in [0.3, 0.4) is 0 Å². The van der Waals surface area contributed by atoms with Crippen molar-refractivity contribution in [2.45, 2.75) is 46.1 Å². The molecule has 0 saturated heterocycles. The number of halogens is 2. The lowest BCUT2D eigenvalue weighted by Crippen LogP contribution is -2.28. The van der Waals surface area contributed by atoms with Crippen LogP contribution in [0.2, 0.25) is 5.02 Å². The molecule has 3 heteroatoms. The van der Waals surface area contributed by atoms with Gasteiger partial charge in [0.1, 0.15) is 5.82 Å². The summed E-state index contributed by atoms with van der Waals surface area (Å²) in [7, 11) is 0. The van der Waals surface area contributed by atoms with Crippen LogP contribution in [0.5, 0.6) is 0 Å². The standard InChI is InChI=1S/C15H23ClFN/c1-4-7-18-12(3)8-11(2)9-13-10-14(17)5-6-15(13)16/h5-6,10-12,18H,4,7-9H2,1-3H3. The maximum atomic E-state index is 13.2. The van der Waals surface area contributed by atoms with Crippen molar-refractivity contribution < 1.29 is 4.39 Å². The number of nitrogens with one attached hydrogen (secondary N) is 1. The van der Waals surface area contributed by atoms with Gasteiger partial charge in [-0.25, -0.2) is 4.39 Å². The molecule has 102 valence electrons. The Morgan fingerprint density at radius 1 is 1.33 bits per heavy atom. The van der Waals surface area contributed by atoms with Crippen molar-refractivity contribution in [3.8, 4) is 0 Å². The molecule has 0 spiro atoms. The molecule has 0 amide bonds. The Morgan fingerprint density at radius 3 is 2.72 bits per heavy atom. The molecular weight excluding hydrogens is 249 g/mol. The summed E-state index contributed by atoms with van der Waals surface area (Å²) in [6.45, 7) is 7.59. The van der Waals surface area contributed by atoms with Crippen molar-refractivity contribution in [3.05, 3.63) is 34.6 Å². The third-order valence-electron chi connectivity index (χ3n) is 3.07. The van der Waals surface area contributed by atoms with Crippen molar-refractivity contribution in [3.63, 3.8) is 0 Å². The minimum absolute atomic E-state index is 0.209. The SMILES string of the molecule is CCCNC(C)CC(C)Cc1cc(F)ccc1Cl. The molecule has 1 rings (SSSR count). The van der Waals surface area contributed by atoms with Crippen molar-refractivity contribution in [2.24, 2.45) is 5.92 Å². The molecule has 0 aliphatic heterocycles. The molecular formula is C15H23ClFN. The monoisotopic (exact) mass is 271 g/mol. The third-order valence-corrected chi connectivity index (χ3v) is 3.44. The lowest BCUT2D eigenvalue weighted by Gasteiger charge is -2.19. The average Bonchev–Trinajstić information content (AvgIpc) is 2.31. The molecule has 0 saturated carbocycles. The van der Waals surface area contributed by atoms with Crippen LogP contribution in [-0.4, -0.2) is 12.6 Å². The summed E-state index contributed by atoms with van der Waals surface area (Å²) in [5.41, 5.74) is 0.909. The molecule has 18 heavy (non-hydrogen) atoms. The van der Waals surface area contributed by atoms with Gasteiger partial charge < -0.3 is 5.32 Å². The zero-order valence-corrected chi connectivity index (χ0v) is 12.2. The first-order valence-electron chi connectivity index (χ1n) is 6.70. The molecule has 0 aliphatic rings. The van der Waals surface area contributed by atoms with Gasteiger partial charge in [0, 0.05) is 11.1 Å². The van der Waals surface area contributed by atoms with Crippen LogP contribution < -0.4 is 5.32 Å². The molecule has 0 aromatic heterocycles. The lowest BCUT2D eigenvalue weighted by atomic mass is 9.95. The predicted octanol–water partition coefficient (Wildman–Crippen LogP) is 4.44. The van der Waals surface area contributed by atoms with Crippen LogP contribution in [-0.2, 0) is 6.42 Å². The van der Waals surface area contributed by atoms with Crippen LogP contribution in [0.4, 0.5) is 4.39 Å². The van der Waals surface area contributed by atoms with E-state index < -0.39 is 0 Å². The van der Waals surface area contributed by atoms with Gasteiger partial charge in [-0.15, -0.1) is 0 Å². The number of hydrogen-bond acceptors (Lipinski definition) is 1. The van der Waals surface area contributed by atoms with Gasteiger partial charge in [-0.3, -0.25) is 0 Å². The minimum Gasteiger partial charge on any atom is -0.314 e. The molecule has 1 aromatic rings. The van der Waals surface area contributed by atoms with Crippen molar-refractivity contribution in [1.82, 2.24) is 5.32 Å². The topological polar surface area (TPSA) is 12.0 Å². The fraction of sp³-hybridized carbons (Fsp3) is 0.600. The number of benzene rings is 1. The highest BCUT2D eigenvalue weighted by Gasteiger charge is 2.11. The first kappa shape index (κ1) is 15.5. The molecule has 1 nitrogen and oxygen atoms in total. The lowest BCUT2D eigenvalue weighted by molar-refractivity contribution is 0.419. The molecule has 2 unspecified atom stereocenters. The van der Waals surface area contributed by atoms with E-state index in [1.807, 2.05) is 0 Å². The highest BCUT2D eigenvalue weighted by Crippen LogP contribution is 2.22. The fourth-order valence-corrected chi connectivity index (χ4v) is 2.43. The Kier molecular flexibility index (Phi) is 6.66. The van der Waals surface area contributed by atoms with E-state index in [4.69, 9.17) is 11.6 Å². The van der Waals surface area contributed by atoms with E-state index in [-0.39, 0.29) is 5.82 Å². The van der Waals surface area contributed by atoms with Gasteiger partial charge in [-0.2, -0.15) is 0 Å². The molecule has 0 heterocycles. The summed E-state index contributed by atoms with van der Waals surface area (Å²) >= 11 is 6.08. The van der Waals surface area contributed by atoms with Crippen LogP contribution in [0.1, 0.15) is 39.2 Å². The van der Waals surface area contributed by atoms with Crippen molar-refractivity contribution in [1.29, 1.82) is 0 Å². The summed E-state index contributed by atoms with van der Waals surface area (Å²) in [6, 6.07) is 5.08. The first-order valence-corrected chi connectivity index (χ1v) is 7.08. The predicted molar refractivity (Wildman–Crippen MR) is 76.7 cm³/mol. The Labute approximate surface area is 115 Å². The van der Waals surface area contributed by atoms with Gasteiger partial charge in [0.2, 0.25) is 0 Å². The molecule has 0 aliphatic carbocycles. The highest BCUT2D eigenvalue weighted by molar-refractivity contribution is 6.31. The Morgan fingerprint density at radius 2 is 2.06 bits per heavy atom. The van der Waals surface area contributed by atoms with E-state index in [0.717, 1.165) is 31.4 Å². The zero-order valence-electron chi connectivity index (χ0n) is 11.5. The van der Waals surface area contributed by atoms with Gasteiger partial charge in [0.25, 0.3) is 0 Å². The van der Waals surface area contributed by atoms with E-state index in [1.54, 1.807) is 12.1 Å². The Hall–Kier alpha value is -0.600. The van der Waals surface area contributed by atoms with Gasteiger partial charge in [0.05, 0.1) is 0 Å². The van der Waals surface area contributed by atoms with E-state index in [1.165, 1.54) is 6.07 Å². The van der Waals surface area contributed by atoms with Gasteiger partial charge >= 0.3 is 0 Å². The number of rotatable bonds is 7. The summed E-state index contributed by atoms with van der Waals surface area (Å²) in [4.78, 5) is 0. The average molecular weight is 272 g/mol. The molecule has 0 fully saturated rings. The van der Waals surface area contributed by atoms with Crippen LogP contribution >= 0.6 is 11.6 Å². The smallest absolute Gasteiger partial charge is 0.123 e. The first-order chi connectivity index (χ1) is 8.52. The molecule has 1 aromatic carbocycles. The maximum Gasteiger partial charge on any atom is 0.123 e. The van der Waals surface area contributed by atoms with Crippen LogP contribution in [0.15, 0.2) is 18.2 Å². The third kappa shape index (κ3) is 5.36. The summed E-state index contributed by atoms with van der Waals surface area (Å²) in [6.07, 6.45) is 3.05. The molecule has 0 bridgehead atoms. The zero-order chi connectivity index (χ0) is 13.5. The Balaban J connectivity index is 2.48. The van der Waals surface area contributed by atoms with Crippen molar-refractivity contribution in [2.75, 3.05) is 6.54 Å². The van der Waals surface area contributed by atoms with Crippen LogP contribution in [0, 0.1) is 11.7 Å². The van der Waals surface area contributed by atoms with E-state index >= 15 is 0 Å². The van der Waals surface area contributed by atoms with Crippen molar-refractivity contribution >= 4 is 11.6 Å². The summed E-state index contributed by atoms with van der Waals surface area (Å²) in [5.74, 6) is 0.280. The number of hydrogen-bond donors (Lipinski definition) is 1. The van der Waals surface area contributed by atoms with Gasteiger partial charge in [-0.05, 0) is 62.4 Å². The van der Waals surface area contributed by atoms with Crippen LogP contribution in [0.25, 0.3) is 0 Å². The fourth-order valence-electron chi connectivity index (χ4n) is 2.24. The Bertz CT molecular complexity index is 368. The second kappa shape index (κ2) is 7.75. The minimum atomic E-state index is -0.209. The maximum absolute atomic E-state index is 13.2. The quantitative estimate of drug-likeness (QED) is 0.773. The highest BCUT2D eigenvalue weighted by atomic mass is 35.5. The molecule has 2 atom stereocenters. The summed E-state index contributed by atoms with van der Waals surface area (Å²) in [5, 5.41) is 4.13. The molecule has 1 N–H and O–H groups in total.